The van der Waals surface area contributed by atoms with Crippen LogP contribution in [0.5, 0.6) is 0 Å². The molecule has 2 nitrogen and oxygen atoms in total. The fourth-order valence-electron chi connectivity index (χ4n) is 2.27. The van der Waals surface area contributed by atoms with Gasteiger partial charge in [0.25, 0.3) is 0 Å². The lowest BCUT2D eigenvalue weighted by Gasteiger charge is -2.17. The molecule has 82 valence electrons. The molecule has 3 rings (SSSR count). The molecule has 1 aromatic carbocycles. The molecule has 0 aliphatic carbocycles. The SMILES string of the molecule is CC1(C)Cc2cc3ccc(Br)cc3nc2N1. The van der Waals surface area contributed by atoms with Gasteiger partial charge in [-0.2, -0.15) is 0 Å². The molecule has 3 heteroatoms. The van der Waals surface area contributed by atoms with Crippen molar-refractivity contribution in [3.8, 4) is 0 Å². The quantitative estimate of drug-likeness (QED) is 0.793. The predicted octanol–water partition coefficient (Wildman–Crippen LogP) is 3.74. The van der Waals surface area contributed by atoms with Crippen molar-refractivity contribution in [2.45, 2.75) is 25.8 Å². The number of hydrogen-bond acceptors (Lipinski definition) is 2. The van der Waals surface area contributed by atoms with E-state index in [-0.39, 0.29) is 5.54 Å². The van der Waals surface area contributed by atoms with Crippen molar-refractivity contribution < 1.29 is 0 Å². The summed E-state index contributed by atoms with van der Waals surface area (Å²) >= 11 is 3.48. The second-order valence-corrected chi connectivity index (χ2v) is 5.93. The molecule has 0 radical (unpaired) electrons. The molecule has 1 N–H and O–H groups in total. The van der Waals surface area contributed by atoms with Gasteiger partial charge in [-0.25, -0.2) is 4.98 Å². The summed E-state index contributed by atoms with van der Waals surface area (Å²) in [6.07, 6.45) is 1.04. The van der Waals surface area contributed by atoms with Crippen LogP contribution in [0.3, 0.4) is 0 Å². The van der Waals surface area contributed by atoms with Crippen LogP contribution in [0.1, 0.15) is 19.4 Å². The van der Waals surface area contributed by atoms with Gasteiger partial charge in [-0.3, -0.25) is 0 Å². The minimum atomic E-state index is 0.129. The Morgan fingerprint density at radius 1 is 1.31 bits per heavy atom. The number of nitrogens with one attached hydrogen (secondary N) is 1. The van der Waals surface area contributed by atoms with E-state index in [0.29, 0.717) is 0 Å². The standard InChI is InChI=1S/C13H13BrN2/c1-13(2)7-9-5-8-3-4-10(14)6-11(8)15-12(9)16-13/h3-6H,7H2,1-2H3,(H,15,16). The van der Waals surface area contributed by atoms with Crippen molar-refractivity contribution in [1.82, 2.24) is 4.98 Å². The first kappa shape index (κ1) is 10.1. The van der Waals surface area contributed by atoms with Crippen molar-refractivity contribution >= 4 is 32.7 Å². The van der Waals surface area contributed by atoms with E-state index in [9.17, 15) is 0 Å². The van der Waals surface area contributed by atoms with Crippen LogP contribution in [0.25, 0.3) is 10.9 Å². The number of pyridine rings is 1. The summed E-state index contributed by atoms with van der Waals surface area (Å²) in [5, 5.41) is 4.67. The van der Waals surface area contributed by atoms with E-state index in [1.165, 1.54) is 10.9 Å². The number of fused-ring (bicyclic) bond motifs is 2. The van der Waals surface area contributed by atoms with Gasteiger partial charge in [0.05, 0.1) is 5.52 Å². The number of hydrogen-bond donors (Lipinski definition) is 1. The minimum absolute atomic E-state index is 0.129. The Labute approximate surface area is 103 Å². The summed E-state index contributed by atoms with van der Waals surface area (Å²) in [5.74, 6) is 1.04. The predicted molar refractivity (Wildman–Crippen MR) is 70.8 cm³/mol. The number of benzene rings is 1. The molecular formula is C13H13BrN2. The molecule has 2 heterocycles. The highest BCUT2D eigenvalue weighted by Crippen LogP contribution is 2.33. The molecule has 0 spiro atoms. The fraction of sp³-hybridized carbons (Fsp3) is 0.308. The monoisotopic (exact) mass is 276 g/mol. The molecule has 0 amide bonds. The molecule has 0 bridgehead atoms. The van der Waals surface area contributed by atoms with E-state index in [0.717, 1.165) is 22.2 Å². The maximum Gasteiger partial charge on any atom is 0.130 e. The third-order valence-electron chi connectivity index (χ3n) is 2.95. The highest BCUT2D eigenvalue weighted by Gasteiger charge is 2.28. The normalized spacial score (nSPS) is 17.2. The van der Waals surface area contributed by atoms with Crippen LogP contribution in [0.2, 0.25) is 0 Å². The average Bonchev–Trinajstić information content (AvgIpc) is 2.47. The Morgan fingerprint density at radius 3 is 2.94 bits per heavy atom. The third kappa shape index (κ3) is 1.59. The lowest BCUT2D eigenvalue weighted by Crippen LogP contribution is -2.27. The fourth-order valence-corrected chi connectivity index (χ4v) is 2.62. The van der Waals surface area contributed by atoms with Crippen LogP contribution in [0.4, 0.5) is 5.82 Å². The van der Waals surface area contributed by atoms with Crippen molar-refractivity contribution in [2.24, 2.45) is 0 Å². The summed E-state index contributed by atoms with van der Waals surface area (Å²) < 4.78 is 1.07. The topological polar surface area (TPSA) is 24.9 Å². The zero-order valence-corrected chi connectivity index (χ0v) is 10.9. The first-order valence-corrected chi connectivity index (χ1v) is 6.20. The van der Waals surface area contributed by atoms with Crippen LogP contribution in [0.15, 0.2) is 28.7 Å². The van der Waals surface area contributed by atoms with Gasteiger partial charge in [0, 0.05) is 15.4 Å². The van der Waals surface area contributed by atoms with Gasteiger partial charge in [-0.05, 0) is 44.0 Å². The van der Waals surface area contributed by atoms with Gasteiger partial charge in [-0.15, -0.1) is 0 Å². The number of halogens is 1. The zero-order chi connectivity index (χ0) is 11.3. The van der Waals surface area contributed by atoms with Gasteiger partial charge in [0.1, 0.15) is 5.82 Å². The first-order valence-electron chi connectivity index (χ1n) is 5.41. The molecule has 0 saturated heterocycles. The molecule has 0 unspecified atom stereocenters. The van der Waals surface area contributed by atoms with E-state index >= 15 is 0 Å². The van der Waals surface area contributed by atoms with Gasteiger partial charge in [0.2, 0.25) is 0 Å². The molecule has 0 saturated carbocycles. The van der Waals surface area contributed by atoms with Gasteiger partial charge < -0.3 is 5.32 Å². The van der Waals surface area contributed by atoms with Crippen molar-refractivity contribution in [2.75, 3.05) is 5.32 Å². The lowest BCUT2D eigenvalue weighted by molar-refractivity contribution is 0.593. The number of nitrogens with zero attached hydrogens (tertiary/aromatic N) is 1. The molecule has 1 aliphatic heterocycles. The summed E-state index contributed by atoms with van der Waals surface area (Å²) in [6, 6.07) is 8.47. The molecule has 1 aromatic heterocycles. The molecule has 1 aliphatic rings. The van der Waals surface area contributed by atoms with E-state index < -0.39 is 0 Å². The average molecular weight is 277 g/mol. The van der Waals surface area contributed by atoms with Gasteiger partial charge in [-0.1, -0.05) is 22.0 Å². The van der Waals surface area contributed by atoms with Crippen LogP contribution < -0.4 is 5.32 Å². The summed E-state index contributed by atoms with van der Waals surface area (Å²) in [5.41, 5.74) is 2.49. The molecule has 0 atom stereocenters. The smallest absolute Gasteiger partial charge is 0.130 e. The van der Waals surface area contributed by atoms with Crippen LogP contribution in [-0.4, -0.2) is 10.5 Å². The lowest BCUT2D eigenvalue weighted by atomic mass is 10.0. The maximum absolute atomic E-state index is 4.67. The maximum atomic E-state index is 4.67. The summed E-state index contributed by atoms with van der Waals surface area (Å²) in [6.45, 7) is 4.41. The minimum Gasteiger partial charge on any atom is -0.365 e. The largest absolute Gasteiger partial charge is 0.365 e. The van der Waals surface area contributed by atoms with Crippen molar-refractivity contribution in [1.29, 1.82) is 0 Å². The van der Waals surface area contributed by atoms with Crippen LogP contribution >= 0.6 is 15.9 Å². The summed E-state index contributed by atoms with van der Waals surface area (Å²) in [7, 11) is 0. The molecule has 0 fully saturated rings. The van der Waals surface area contributed by atoms with E-state index in [4.69, 9.17) is 0 Å². The molecule has 2 aromatic rings. The Balaban J connectivity index is 2.22. The van der Waals surface area contributed by atoms with E-state index in [1.54, 1.807) is 0 Å². The van der Waals surface area contributed by atoms with Gasteiger partial charge in [0.15, 0.2) is 0 Å². The van der Waals surface area contributed by atoms with E-state index in [1.807, 2.05) is 0 Å². The highest BCUT2D eigenvalue weighted by atomic mass is 79.9. The molecular weight excluding hydrogens is 264 g/mol. The summed E-state index contributed by atoms with van der Waals surface area (Å²) in [4.78, 5) is 4.67. The zero-order valence-electron chi connectivity index (χ0n) is 9.34. The number of anilines is 1. The Bertz CT molecular complexity index is 575. The Morgan fingerprint density at radius 2 is 2.12 bits per heavy atom. The Hall–Kier alpha value is -1.09. The highest BCUT2D eigenvalue weighted by molar-refractivity contribution is 9.10. The first-order chi connectivity index (χ1) is 7.53. The number of aromatic nitrogens is 1. The second-order valence-electron chi connectivity index (χ2n) is 5.02. The van der Waals surface area contributed by atoms with Crippen LogP contribution in [-0.2, 0) is 6.42 Å². The third-order valence-corrected chi connectivity index (χ3v) is 3.44. The van der Waals surface area contributed by atoms with Crippen LogP contribution in [0, 0.1) is 0 Å². The molecule has 16 heavy (non-hydrogen) atoms. The Kier molecular flexibility index (Phi) is 2.02. The van der Waals surface area contributed by atoms with Gasteiger partial charge >= 0.3 is 0 Å². The number of rotatable bonds is 0. The van der Waals surface area contributed by atoms with Crippen molar-refractivity contribution in [3.05, 3.63) is 34.3 Å². The van der Waals surface area contributed by atoms with Crippen molar-refractivity contribution in [3.63, 3.8) is 0 Å². The van der Waals surface area contributed by atoms with E-state index in [2.05, 4.69) is 64.3 Å². The second kappa shape index (κ2) is 3.20.